The highest BCUT2D eigenvalue weighted by Gasteiger charge is 2.11. The molecule has 1 aromatic heterocycles. The molecule has 0 bridgehead atoms. The molecule has 6 heteroatoms. The predicted octanol–water partition coefficient (Wildman–Crippen LogP) is 1.30. The SMILES string of the molecule is CCN[C@H](C)CNC(=O)c1ccc(-n2cncn2)cc1C. The zero-order valence-electron chi connectivity index (χ0n) is 12.6. The van der Waals surface area contributed by atoms with Crippen molar-refractivity contribution in [3.8, 4) is 5.69 Å². The summed E-state index contributed by atoms with van der Waals surface area (Å²) in [5.74, 6) is -0.0533. The minimum atomic E-state index is -0.0533. The Hall–Kier alpha value is -2.21. The van der Waals surface area contributed by atoms with Gasteiger partial charge in [-0.05, 0) is 44.2 Å². The summed E-state index contributed by atoms with van der Waals surface area (Å²) in [6.07, 6.45) is 3.12. The number of carbonyl (C=O) groups excluding carboxylic acids is 1. The first-order valence-corrected chi connectivity index (χ1v) is 7.09. The number of benzene rings is 1. The minimum Gasteiger partial charge on any atom is -0.350 e. The Morgan fingerprint density at radius 2 is 2.24 bits per heavy atom. The Balaban J connectivity index is 2.05. The fourth-order valence-corrected chi connectivity index (χ4v) is 2.15. The lowest BCUT2D eigenvalue weighted by molar-refractivity contribution is 0.0949. The lowest BCUT2D eigenvalue weighted by Crippen LogP contribution is -2.39. The second-order valence-corrected chi connectivity index (χ2v) is 5.01. The van der Waals surface area contributed by atoms with Crippen LogP contribution < -0.4 is 10.6 Å². The van der Waals surface area contributed by atoms with Gasteiger partial charge in [-0.25, -0.2) is 9.67 Å². The van der Waals surface area contributed by atoms with Crippen molar-refractivity contribution in [2.24, 2.45) is 0 Å². The Morgan fingerprint density at radius 1 is 1.43 bits per heavy atom. The number of carbonyl (C=O) groups is 1. The molecule has 0 aliphatic carbocycles. The minimum absolute atomic E-state index is 0.0533. The molecule has 1 heterocycles. The summed E-state index contributed by atoms with van der Waals surface area (Å²) in [6.45, 7) is 7.51. The van der Waals surface area contributed by atoms with E-state index in [0.29, 0.717) is 12.1 Å². The normalized spacial score (nSPS) is 12.1. The number of likely N-dealkylation sites (N-methyl/N-ethyl adjacent to an activating group) is 1. The van der Waals surface area contributed by atoms with E-state index in [1.165, 1.54) is 6.33 Å². The van der Waals surface area contributed by atoms with Crippen molar-refractivity contribution < 1.29 is 4.79 Å². The summed E-state index contributed by atoms with van der Waals surface area (Å²) < 4.78 is 1.67. The highest BCUT2D eigenvalue weighted by molar-refractivity contribution is 5.95. The highest BCUT2D eigenvalue weighted by atomic mass is 16.1. The summed E-state index contributed by atoms with van der Waals surface area (Å²) in [6, 6.07) is 5.87. The van der Waals surface area contributed by atoms with Gasteiger partial charge in [-0.2, -0.15) is 5.10 Å². The predicted molar refractivity (Wildman–Crippen MR) is 81.6 cm³/mol. The van der Waals surface area contributed by atoms with E-state index in [9.17, 15) is 4.79 Å². The van der Waals surface area contributed by atoms with E-state index in [1.807, 2.05) is 39.0 Å². The zero-order valence-corrected chi connectivity index (χ0v) is 12.6. The molecule has 0 unspecified atom stereocenters. The molecule has 1 amide bonds. The molecule has 1 atom stereocenters. The third-order valence-electron chi connectivity index (χ3n) is 3.26. The van der Waals surface area contributed by atoms with Crippen molar-refractivity contribution in [3.05, 3.63) is 42.0 Å². The van der Waals surface area contributed by atoms with Gasteiger partial charge in [0.25, 0.3) is 5.91 Å². The summed E-state index contributed by atoms with van der Waals surface area (Å²) in [7, 11) is 0. The number of nitrogens with zero attached hydrogens (tertiary/aromatic N) is 3. The molecule has 0 aliphatic heterocycles. The third-order valence-corrected chi connectivity index (χ3v) is 3.26. The molecular formula is C15H21N5O. The average Bonchev–Trinajstić information content (AvgIpc) is 2.99. The van der Waals surface area contributed by atoms with Crippen LogP contribution in [0.4, 0.5) is 0 Å². The maximum Gasteiger partial charge on any atom is 0.251 e. The Bertz CT molecular complexity index is 594. The van der Waals surface area contributed by atoms with E-state index >= 15 is 0 Å². The molecular weight excluding hydrogens is 266 g/mol. The molecule has 0 spiro atoms. The van der Waals surface area contributed by atoms with Crippen LogP contribution in [0, 0.1) is 6.92 Å². The molecule has 1 aromatic carbocycles. The van der Waals surface area contributed by atoms with Crippen LogP contribution in [0.15, 0.2) is 30.9 Å². The number of hydrogen-bond donors (Lipinski definition) is 2. The van der Waals surface area contributed by atoms with Crippen LogP contribution in [0.2, 0.25) is 0 Å². The van der Waals surface area contributed by atoms with Gasteiger partial charge >= 0.3 is 0 Å². The number of amides is 1. The van der Waals surface area contributed by atoms with Crippen molar-refractivity contribution >= 4 is 5.91 Å². The lowest BCUT2D eigenvalue weighted by Gasteiger charge is -2.14. The van der Waals surface area contributed by atoms with E-state index in [-0.39, 0.29) is 11.9 Å². The highest BCUT2D eigenvalue weighted by Crippen LogP contribution is 2.13. The Morgan fingerprint density at radius 3 is 2.86 bits per heavy atom. The molecule has 0 saturated carbocycles. The molecule has 21 heavy (non-hydrogen) atoms. The maximum atomic E-state index is 12.2. The van der Waals surface area contributed by atoms with Crippen LogP contribution in [-0.2, 0) is 0 Å². The fraction of sp³-hybridized carbons (Fsp3) is 0.400. The average molecular weight is 287 g/mol. The standard InChI is InChI=1S/C15H21N5O/c1-4-17-12(3)8-18-15(21)14-6-5-13(7-11(14)2)20-10-16-9-19-20/h5-7,9-10,12,17H,4,8H2,1-3H3,(H,18,21)/t12-/m1/s1. The van der Waals surface area contributed by atoms with Gasteiger partial charge in [-0.15, -0.1) is 0 Å². The summed E-state index contributed by atoms with van der Waals surface area (Å²) >= 11 is 0. The van der Waals surface area contributed by atoms with E-state index in [1.54, 1.807) is 11.0 Å². The molecule has 0 radical (unpaired) electrons. The molecule has 2 N–H and O–H groups in total. The monoisotopic (exact) mass is 287 g/mol. The van der Waals surface area contributed by atoms with E-state index in [0.717, 1.165) is 17.8 Å². The van der Waals surface area contributed by atoms with Crippen LogP contribution in [0.25, 0.3) is 5.69 Å². The molecule has 112 valence electrons. The number of rotatable bonds is 6. The summed E-state index contributed by atoms with van der Waals surface area (Å²) in [5, 5.41) is 10.3. The number of aromatic nitrogens is 3. The smallest absolute Gasteiger partial charge is 0.251 e. The van der Waals surface area contributed by atoms with Crippen LogP contribution >= 0.6 is 0 Å². The van der Waals surface area contributed by atoms with E-state index in [4.69, 9.17) is 0 Å². The molecule has 2 aromatic rings. The largest absolute Gasteiger partial charge is 0.350 e. The van der Waals surface area contributed by atoms with Crippen molar-refractivity contribution in [3.63, 3.8) is 0 Å². The number of nitrogens with one attached hydrogen (secondary N) is 2. The molecule has 2 rings (SSSR count). The first-order chi connectivity index (χ1) is 10.1. The summed E-state index contributed by atoms with van der Waals surface area (Å²) in [4.78, 5) is 16.1. The lowest BCUT2D eigenvalue weighted by atomic mass is 10.1. The van der Waals surface area contributed by atoms with Crippen LogP contribution in [0.1, 0.15) is 29.8 Å². The zero-order chi connectivity index (χ0) is 15.2. The van der Waals surface area contributed by atoms with Crippen LogP contribution in [0.3, 0.4) is 0 Å². The van der Waals surface area contributed by atoms with Crippen molar-refractivity contribution in [2.45, 2.75) is 26.8 Å². The van der Waals surface area contributed by atoms with E-state index in [2.05, 4.69) is 20.7 Å². The van der Waals surface area contributed by atoms with Gasteiger partial charge in [0.05, 0.1) is 5.69 Å². The summed E-state index contributed by atoms with van der Waals surface area (Å²) in [5.41, 5.74) is 2.49. The first kappa shape index (κ1) is 15.2. The van der Waals surface area contributed by atoms with Crippen molar-refractivity contribution in [1.29, 1.82) is 0 Å². The van der Waals surface area contributed by atoms with Gasteiger partial charge in [-0.3, -0.25) is 4.79 Å². The third kappa shape index (κ3) is 3.88. The topological polar surface area (TPSA) is 71.8 Å². The molecule has 6 nitrogen and oxygen atoms in total. The first-order valence-electron chi connectivity index (χ1n) is 7.09. The van der Waals surface area contributed by atoms with Gasteiger partial charge in [-0.1, -0.05) is 6.92 Å². The van der Waals surface area contributed by atoms with Crippen molar-refractivity contribution in [2.75, 3.05) is 13.1 Å². The quantitative estimate of drug-likeness (QED) is 0.840. The molecule has 0 saturated heterocycles. The second-order valence-electron chi connectivity index (χ2n) is 5.01. The van der Waals surface area contributed by atoms with Crippen LogP contribution in [-0.4, -0.2) is 39.8 Å². The van der Waals surface area contributed by atoms with Gasteiger partial charge in [0, 0.05) is 18.2 Å². The Kier molecular flexibility index (Phi) is 5.05. The molecule has 0 fully saturated rings. The van der Waals surface area contributed by atoms with Gasteiger partial charge in [0.15, 0.2) is 0 Å². The van der Waals surface area contributed by atoms with Gasteiger partial charge < -0.3 is 10.6 Å². The molecule has 0 aliphatic rings. The van der Waals surface area contributed by atoms with E-state index < -0.39 is 0 Å². The van der Waals surface area contributed by atoms with Gasteiger partial charge in [0.2, 0.25) is 0 Å². The fourth-order valence-electron chi connectivity index (χ4n) is 2.15. The maximum absolute atomic E-state index is 12.2. The number of aryl methyl sites for hydroxylation is 1. The van der Waals surface area contributed by atoms with Gasteiger partial charge in [0.1, 0.15) is 12.7 Å². The van der Waals surface area contributed by atoms with Crippen molar-refractivity contribution in [1.82, 2.24) is 25.4 Å². The number of hydrogen-bond acceptors (Lipinski definition) is 4. The second kappa shape index (κ2) is 6.99. The Labute approximate surface area is 124 Å². The van der Waals surface area contributed by atoms with Crippen LogP contribution in [0.5, 0.6) is 0 Å².